The third kappa shape index (κ3) is 4.96. The van der Waals surface area contributed by atoms with Crippen molar-refractivity contribution in [2.75, 3.05) is 23.4 Å². The maximum Gasteiger partial charge on any atom is 2.00 e. The van der Waals surface area contributed by atoms with Crippen molar-refractivity contribution in [2.24, 2.45) is 0 Å². The quantitative estimate of drug-likeness (QED) is 0.169. The fourth-order valence-electron chi connectivity index (χ4n) is 5.37. The van der Waals surface area contributed by atoms with Gasteiger partial charge >= 0.3 is 21.1 Å². The van der Waals surface area contributed by atoms with Gasteiger partial charge < -0.3 is 14.4 Å². The number of hydrogen-bond acceptors (Lipinski definition) is 4. The molecule has 4 nitrogen and oxygen atoms in total. The number of benzene rings is 4. The summed E-state index contributed by atoms with van der Waals surface area (Å²) in [5.41, 5.74) is 5.67. The van der Waals surface area contributed by atoms with Gasteiger partial charge in [-0.05, 0) is 46.7 Å². The minimum Gasteiger partial charge on any atom is -0.355 e. The van der Waals surface area contributed by atoms with Crippen LogP contribution >= 0.6 is 11.8 Å². The summed E-state index contributed by atoms with van der Waals surface area (Å²) in [5.74, 6) is 0.872. The van der Waals surface area contributed by atoms with Crippen LogP contribution < -0.4 is 9.80 Å². The number of rotatable bonds is 4. The monoisotopic (exact) mass is 736 g/mol. The molecule has 6 heteroatoms. The average molecular weight is 737 g/mol. The summed E-state index contributed by atoms with van der Waals surface area (Å²) in [4.78, 5) is 10.1. The first kappa shape index (κ1) is 24.1. The summed E-state index contributed by atoms with van der Waals surface area (Å²) < 4.78 is 26.3. The number of hydrogen-bond donors (Lipinski definition) is 0. The molecule has 0 N–H and O–H groups in total. The summed E-state index contributed by atoms with van der Waals surface area (Å²) in [6, 6.07) is 37.8. The van der Waals surface area contributed by atoms with E-state index >= 15 is 0 Å². The van der Waals surface area contributed by atoms with Crippen LogP contribution in [0.3, 0.4) is 0 Å². The number of fused-ring (bicyclic) bond motifs is 4. The summed E-state index contributed by atoms with van der Waals surface area (Å²) in [6.45, 7) is 4.64. The van der Waals surface area contributed by atoms with Crippen LogP contribution in [0.1, 0.15) is 30.4 Å². The standard InChI is InChI=1S/C35H30N4S.Pt/c1-35(2,3)24-18-19-36-34(20-24)39-30-13-6-5-12-28(30)29-17-16-27(22-33(29)39)40-26-11-9-10-25(21-26)38-23-37(4)31-14-7-8-15-32(31)38;/h5-20H,23H2,1-4H3;/q-2;+2/i4D3;. The van der Waals surface area contributed by atoms with Crippen LogP contribution in [0.4, 0.5) is 17.1 Å². The summed E-state index contributed by atoms with van der Waals surface area (Å²) in [6.07, 6.45) is 1.89. The molecule has 206 valence electrons. The maximum absolute atomic E-state index is 8.04. The molecule has 7 rings (SSSR count). The zero-order valence-electron chi connectivity index (χ0n) is 26.0. The van der Waals surface area contributed by atoms with Gasteiger partial charge in [-0.2, -0.15) is 24.3 Å². The zero-order chi connectivity index (χ0) is 29.9. The van der Waals surface area contributed by atoms with Crippen LogP contribution in [0.25, 0.3) is 27.6 Å². The summed E-state index contributed by atoms with van der Waals surface area (Å²) in [5, 5.41) is 2.28. The van der Waals surface area contributed by atoms with Gasteiger partial charge in [0.2, 0.25) is 0 Å². The van der Waals surface area contributed by atoms with E-state index in [4.69, 9.17) is 9.10 Å². The molecule has 1 aliphatic rings. The van der Waals surface area contributed by atoms with E-state index < -0.39 is 6.98 Å². The molecular formula is C35H30N4PtS. The zero-order valence-corrected chi connectivity index (χ0v) is 26.0. The van der Waals surface area contributed by atoms with Crippen molar-refractivity contribution >= 4 is 50.6 Å². The van der Waals surface area contributed by atoms with Gasteiger partial charge in [-0.25, -0.2) is 4.98 Å². The normalized spacial score (nSPS) is 14.5. The largest absolute Gasteiger partial charge is 2.00 e. The third-order valence-electron chi connectivity index (χ3n) is 7.41. The molecule has 4 aromatic carbocycles. The van der Waals surface area contributed by atoms with Crippen molar-refractivity contribution in [3.63, 3.8) is 0 Å². The Morgan fingerprint density at radius 3 is 2.44 bits per heavy atom. The molecule has 0 bridgehead atoms. The van der Waals surface area contributed by atoms with Gasteiger partial charge in [-0.1, -0.05) is 62.3 Å². The van der Waals surface area contributed by atoms with Gasteiger partial charge in [-0.3, -0.25) is 0 Å². The molecular weight excluding hydrogens is 704 g/mol. The van der Waals surface area contributed by atoms with E-state index in [2.05, 4.69) is 86.0 Å². The first-order valence-electron chi connectivity index (χ1n) is 14.8. The molecule has 0 amide bonds. The van der Waals surface area contributed by atoms with E-state index in [1.807, 2.05) is 53.6 Å². The van der Waals surface area contributed by atoms with E-state index in [0.29, 0.717) is 5.69 Å². The Bertz CT molecular complexity index is 2000. The first-order valence-corrected chi connectivity index (χ1v) is 14.2. The van der Waals surface area contributed by atoms with Gasteiger partial charge in [0, 0.05) is 22.8 Å². The van der Waals surface area contributed by atoms with Crippen LogP contribution in [0.5, 0.6) is 0 Å². The molecule has 0 atom stereocenters. The summed E-state index contributed by atoms with van der Waals surface area (Å²) >= 11 is 1.59. The molecule has 0 saturated carbocycles. The van der Waals surface area contributed by atoms with Gasteiger partial charge in [0.05, 0.1) is 18.0 Å². The Morgan fingerprint density at radius 1 is 0.829 bits per heavy atom. The molecule has 3 heterocycles. The molecule has 0 aliphatic carbocycles. The fourth-order valence-corrected chi connectivity index (χ4v) is 6.19. The minimum atomic E-state index is -2.23. The van der Waals surface area contributed by atoms with Crippen molar-refractivity contribution in [1.29, 1.82) is 0 Å². The Balaban J connectivity index is 0.00000343. The van der Waals surface area contributed by atoms with Crippen molar-refractivity contribution < 1.29 is 25.2 Å². The van der Waals surface area contributed by atoms with Crippen LogP contribution in [-0.4, -0.2) is 23.2 Å². The van der Waals surface area contributed by atoms with Gasteiger partial charge in [0.15, 0.2) is 0 Å². The Labute approximate surface area is 264 Å². The SMILES string of the molecule is [2H]C([2H])([2H])N1CN(c2[c-]c(Sc3[c-]c4c(cc3)c3ccccc3n4-c3cc(C(C)(C)C)ccn3)ccc2)c2ccccc21.[Pt+2]. The number of para-hydroxylation sites is 3. The second-order valence-corrected chi connectivity index (χ2v) is 12.2. The van der Waals surface area contributed by atoms with Crippen molar-refractivity contribution in [1.82, 2.24) is 9.55 Å². The molecule has 0 unspecified atom stereocenters. The van der Waals surface area contributed by atoms with E-state index in [1.54, 1.807) is 11.8 Å². The predicted molar refractivity (Wildman–Crippen MR) is 167 cm³/mol. The van der Waals surface area contributed by atoms with Crippen LogP contribution in [0.2, 0.25) is 0 Å². The van der Waals surface area contributed by atoms with Gasteiger partial charge in [0.25, 0.3) is 0 Å². The van der Waals surface area contributed by atoms with Crippen LogP contribution in [0, 0.1) is 12.1 Å². The molecule has 0 radical (unpaired) electrons. The molecule has 0 spiro atoms. The van der Waals surface area contributed by atoms with Crippen molar-refractivity contribution in [2.45, 2.75) is 36.0 Å². The smallest absolute Gasteiger partial charge is 0.355 e. The second-order valence-electron chi connectivity index (χ2n) is 11.1. The summed E-state index contributed by atoms with van der Waals surface area (Å²) in [7, 11) is 0. The molecule has 0 fully saturated rings. The molecule has 6 aromatic rings. The topological polar surface area (TPSA) is 24.3 Å². The number of nitrogens with zero attached hydrogens (tertiary/aromatic N) is 4. The molecule has 1 aliphatic heterocycles. The second kappa shape index (κ2) is 10.7. The van der Waals surface area contributed by atoms with E-state index in [-0.39, 0.29) is 33.1 Å². The number of anilines is 3. The molecule has 2 aromatic heterocycles. The average Bonchev–Trinajstić information content (AvgIpc) is 3.53. The van der Waals surface area contributed by atoms with E-state index in [1.165, 1.54) is 10.5 Å². The van der Waals surface area contributed by atoms with Crippen LogP contribution in [0.15, 0.2) is 107 Å². The maximum atomic E-state index is 8.04. The first-order chi connectivity index (χ1) is 20.6. The Morgan fingerprint density at radius 2 is 1.61 bits per heavy atom. The van der Waals surface area contributed by atoms with E-state index in [0.717, 1.165) is 48.8 Å². The Kier molecular flexibility index (Phi) is 6.29. The minimum absolute atomic E-state index is 0. The predicted octanol–water partition coefficient (Wildman–Crippen LogP) is 8.77. The van der Waals surface area contributed by atoms with Crippen molar-refractivity contribution in [3.05, 3.63) is 115 Å². The number of aromatic nitrogens is 2. The third-order valence-corrected chi connectivity index (χ3v) is 8.32. The van der Waals surface area contributed by atoms with Gasteiger partial charge in [0.1, 0.15) is 5.82 Å². The number of pyridine rings is 1. The molecule has 41 heavy (non-hydrogen) atoms. The van der Waals surface area contributed by atoms with Gasteiger partial charge in [-0.15, -0.1) is 45.1 Å². The fraction of sp³-hybridized carbons (Fsp3) is 0.171. The van der Waals surface area contributed by atoms with E-state index in [9.17, 15) is 0 Å². The Hall–Kier alpha value is -3.53. The van der Waals surface area contributed by atoms with Crippen LogP contribution in [-0.2, 0) is 26.5 Å². The molecule has 0 saturated heterocycles. The van der Waals surface area contributed by atoms with Crippen molar-refractivity contribution in [3.8, 4) is 5.82 Å².